The van der Waals surface area contributed by atoms with Crippen molar-refractivity contribution in [1.29, 1.82) is 0 Å². The lowest BCUT2D eigenvalue weighted by molar-refractivity contribution is 0.00671. The molecule has 1 atom stereocenters. The molecule has 1 aromatic carbocycles. The van der Waals surface area contributed by atoms with E-state index in [2.05, 4.69) is 34.3 Å². The SMILES string of the molecule is CC(C)C(CNC(=O)c1cnn(-c2ccccc2)n1)N1CCOCC1. The molecule has 2 heterocycles. The van der Waals surface area contributed by atoms with Crippen LogP contribution in [0.15, 0.2) is 36.5 Å². The molecule has 3 rings (SSSR count). The first-order chi connectivity index (χ1) is 12.1. The molecule has 1 aliphatic rings. The molecule has 1 saturated heterocycles. The maximum atomic E-state index is 12.4. The van der Waals surface area contributed by atoms with E-state index in [9.17, 15) is 4.79 Å². The Morgan fingerprint density at radius 1 is 1.24 bits per heavy atom. The normalized spacial score (nSPS) is 16.8. The number of amides is 1. The number of benzene rings is 1. The van der Waals surface area contributed by atoms with Crippen molar-refractivity contribution in [1.82, 2.24) is 25.2 Å². The maximum Gasteiger partial charge on any atom is 0.273 e. The highest BCUT2D eigenvalue weighted by Crippen LogP contribution is 2.12. The smallest absolute Gasteiger partial charge is 0.273 e. The van der Waals surface area contributed by atoms with Crippen LogP contribution in [0.5, 0.6) is 0 Å². The Balaban J connectivity index is 1.60. The van der Waals surface area contributed by atoms with Crippen LogP contribution >= 0.6 is 0 Å². The minimum absolute atomic E-state index is 0.193. The highest BCUT2D eigenvalue weighted by molar-refractivity contribution is 5.91. The zero-order valence-electron chi connectivity index (χ0n) is 14.8. The molecule has 0 aliphatic carbocycles. The Labute approximate surface area is 148 Å². The predicted octanol–water partition coefficient (Wildman–Crippen LogP) is 1.35. The third kappa shape index (κ3) is 4.43. The summed E-state index contributed by atoms with van der Waals surface area (Å²) in [6.45, 7) is 8.27. The summed E-state index contributed by atoms with van der Waals surface area (Å²) in [5, 5.41) is 11.5. The summed E-state index contributed by atoms with van der Waals surface area (Å²) in [4.78, 5) is 16.3. The predicted molar refractivity (Wildman–Crippen MR) is 94.7 cm³/mol. The van der Waals surface area contributed by atoms with Gasteiger partial charge in [-0.2, -0.15) is 9.90 Å². The van der Waals surface area contributed by atoms with Crippen molar-refractivity contribution in [3.8, 4) is 5.69 Å². The zero-order valence-corrected chi connectivity index (χ0v) is 14.8. The van der Waals surface area contributed by atoms with Gasteiger partial charge in [-0.3, -0.25) is 9.69 Å². The van der Waals surface area contributed by atoms with E-state index in [1.54, 1.807) is 0 Å². The number of hydrogen-bond acceptors (Lipinski definition) is 5. The van der Waals surface area contributed by atoms with Crippen LogP contribution in [-0.4, -0.2) is 64.7 Å². The standard InChI is InChI=1S/C18H25N5O2/c1-14(2)17(22-8-10-25-11-9-22)13-19-18(24)16-12-20-23(21-16)15-6-4-3-5-7-15/h3-7,12,14,17H,8-11,13H2,1-2H3,(H,19,24). The van der Waals surface area contributed by atoms with E-state index in [-0.39, 0.29) is 11.9 Å². The van der Waals surface area contributed by atoms with Gasteiger partial charge in [0.05, 0.1) is 25.1 Å². The van der Waals surface area contributed by atoms with E-state index in [1.807, 2.05) is 30.3 Å². The number of carbonyl (C=O) groups is 1. The van der Waals surface area contributed by atoms with Crippen LogP contribution < -0.4 is 5.32 Å². The minimum Gasteiger partial charge on any atom is -0.379 e. The molecule has 1 aliphatic heterocycles. The van der Waals surface area contributed by atoms with Gasteiger partial charge >= 0.3 is 0 Å². The van der Waals surface area contributed by atoms with Crippen molar-refractivity contribution >= 4 is 5.91 Å². The second-order valence-corrected chi connectivity index (χ2v) is 6.52. The van der Waals surface area contributed by atoms with Crippen molar-refractivity contribution in [2.24, 2.45) is 5.92 Å². The molecule has 1 fully saturated rings. The molecule has 1 amide bonds. The van der Waals surface area contributed by atoms with Gasteiger partial charge in [-0.05, 0) is 18.1 Å². The van der Waals surface area contributed by atoms with Gasteiger partial charge in [-0.25, -0.2) is 0 Å². The molecule has 0 bridgehead atoms. The van der Waals surface area contributed by atoms with E-state index in [1.165, 1.54) is 11.0 Å². The second-order valence-electron chi connectivity index (χ2n) is 6.52. The molecular formula is C18H25N5O2. The average molecular weight is 343 g/mol. The van der Waals surface area contributed by atoms with Crippen LogP contribution in [0.4, 0.5) is 0 Å². The Morgan fingerprint density at radius 2 is 1.96 bits per heavy atom. The number of para-hydroxylation sites is 1. The molecule has 0 radical (unpaired) electrons. The van der Waals surface area contributed by atoms with Gasteiger partial charge in [0, 0.05) is 25.7 Å². The fourth-order valence-corrected chi connectivity index (χ4v) is 3.04. The number of aromatic nitrogens is 3. The number of nitrogens with one attached hydrogen (secondary N) is 1. The summed E-state index contributed by atoms with van der Waals surface area (Å²) < 4.78 is 5.42. The van der Waals surface area contributed by atoms with Gasteiger partial charge < -0.3 is 10.1 Å². The van der Waals surface area contributed by atoms with E-state index in [0.29, 0.717) is 18.2 Å². The first kappa shape index (κ1) is 17.6. The minimum atomic E-state index is -0.193. The molecule has 7 nitrogen and oxygen atoms in total. The highest BCUT2D eigenvalue weighted by atomic mass is 16.5. The summed E-state index contributed by atoms with van der Waals surface area (Å²) in [7, 11) is 0. The van der Waals surface area contributed by atoms with Crippen LogP contribution in [0.3, 0.4) is 0 Å². The third-order valence-electron chi connectivity index (χ3n) is 4.47. The number of hydrogen-bond donors (Lipinski definition) is 1. The van der Waals surface area contributed by atoms with E-state index >= 15 is 0 Å². The van der Waals surface area contributed by atoms with Crippen molar-refractivity contribution in [2.45, 2.75) is 19.9 Å². The van der Waals surface area contributed by atoms with E-state index in [0.717, 1.165) is 32.0 Å². The van der Waals surface area contributed by atoms with Crippen LogP contribution in [-0.2, 0) is 4.74 Å². The van der Waals surface area contributed by atoms with E-state index in [4.69, 9.17) is 4.74 Å². The monoisotopic (exact) mass is 343 g/mol. The summed E-state index contributed by atoms with van der Waals surface area (Å²) in [5.41, 5.74) is 1.16. The fourth-order valence-electron chi connectivity index (χ4n) is 3.04. The number of nitrogens with zero attached hydrogens (tertiary/aromatic N) is 4. The summed E-state index contributed by atoms with van der Waals surface area (Å²) in [6.07, 6.45) is 1.50. The Hall–Kier alpha value is -2.25. The Morgan fingerprint density at radius 3 is 2.64 bits per heavy atom. The first-order valence-corrected chi connectivity index (χ1v) is 8.73. The fraction of sp³-hybridized carbons (Fsp3) is 0.500. The lowest BCUT2D eigenvalue weighted by Crippen LogP contribution is -2.51. The molecule has 1 N–H and O–H groups in total. The van der Waals surface area contributed by atoms with Gasteiger partial charge in [0.15, 0.2) is 5.69 Å². The average Bonchev–Trinajstić information content (AvgIpc) is 3.13. The summed E-state index contributed by atoms with van der Waals surface area (Å²) >= 11 is 0. The topological polar surface area (TPSA) is 72.3 Å². The summed E-state index contributed by atoms with van der Waals surface area (Å²) in [5.74, 6) is 0.250. The number of ether oxygens (including phenoxy) is 1. The molecule has 0 spiro atoms. The maximum absolute atomic E-state index is 12.4. The van der Waals surface area contributed by atoms with Gasteiger partial charge in [0.1, 0.15) is 0 Å². The van der Waals surface area contributed by atoms with E-state index < -0.39 is 0 Å². The van der Waals surface area contributed by atoms with Crippen molar-refractivity contribution < 1.29 is 9.53 Å². The van der Waals surface area contributed by atoms with Crippen LogP contribution in [0, 0.1) is 5.92 Å². The van der Waals surface area contributed by atoms with Crippen molar-refractivity contribution in [2.75, 3.05) is 32.8 Å². The van der Waals surface area contributed by atoms with Crippen LogP contribution in [0.1, 0.15) is 24.3 Å². The first-order valence-electron chi connectivity index (χ1n) is 8.73. The lowest BCUT2D eigenvalue weighted by Gasteiger charge is -2.36. The molecule has 0 saturated carbocycles. The number of morpholine rings is 1. The van der Waals surface area contributed by atoms with Gasteiger partial charge in [0.25, 0.3) is 5.91 Å². The molecule has 1 aromatic heterocycles. The summed E-state index contributed by atoms with van der Waals surface area (Å²) in [6, 6.07) is 9.83. The Kier molecular flexibility index (Phi) is 5.78. The van der Waals surface area contributed by atoms with Crippen LogP contribution in [0.2, 0.25) is 0 Å². The molecule has 25 heavy (non-hydrogen) atoms. The van der Waals surface area contributed by atoms with Gasteiger partial charge in [-0.1, -0.05) is 32.0 Å². The number of rotatable bonds is 6. The van der Waals surface area contributed by atoms with Gasteiger partial charge in [-0.15, -0.1) is 5.10 Å². The van der Waals surface area contributed by atoms with Crippen LogP contribution in [0.25, 0.3) is 5.69 Å². The third-order valence-corrected chi connectivity index (χ3v) is 4.47. The quantitative estimate of drug-likeness (QED) is 0.857. The van der Waals surface area contributed by atoms with Crippen molar-refractivity contribution in [3.05, 3.63) is 42.2 Å². The molecular weight excluding hydrogens is 318 g/mol. The highest BCUT2D eigenvalue weighted by Gasteiger charge is 2.24. The van der Waals surface area contributed by atoms with Crippen molar-refractivity contribution in [3.63, 3.8) is 0 Å². The molecule has 2 aromatic rings. The lowest BCUT2D eigenvalue weighted by atomic mass is 10.0. The number of carbonyl (C=O) groups excluding carboxylic acids is 1. The zero-order chi connectivity index (χ0) is 17.6. The molecule has 1 unspecified atom stereocenters. The Bertz CT molecular complexity index is 680. The second kappa shape index (κ2) is 8.22. The molecule has 7 heteroatoms. The molecule has 134 valence electrons. The van der Waals surface area contributed by atoms with Gasteiger partial charge in [0.2, 0.25) is 0 Å². The largest absolute Gasteiger partial charge is 0.379 e.